The van der Waals surface area contributed by atoms with Crippen molar-refractivity contribution in [3.63, 3.8) is 0 Å². The van der Waals surface area contributed by atoms with Crippen LogP contribution in [-0.4, -0.2) is 0 Å². The van der Waals surface area contributed by atoms with Crippen LogP contribution >= 0.6 is 43.2 Å². The predicted octanol–water partition coefficient (Wildman–Crippen LogP) is 5.12. The maximum atomic E-state index is 3.55. The molecule has 1 unspecified atom stereocenters. The molecule has 0 amide bonds. The highest BCUT2D eigenvalue weighted by atomic mass is 79.9. The first-order chi connectivity index (χ1) is 8.16. The van der Waals surface area contributed by atoms with E-state index in [1.807, 2.05) is 6.07 Å². The molecule has 17 heavy (non-hydrogen) atoms. The van der Waals surface area contributed by atoms with E-state index >= 15 is 0 Å². The van der Waals surface area contributed by atoms with Crippen molar-refractivity contribution >= 4 is 43.2 Å². The minimum absolute atomic E-state index is 0.349. The summed E-state index contributed by atoms with van der Waals surface area (Å²) in [6, 6.07) is 10.9. The number of benzene rings is 1. The lowest BCUT2D eigenvalue weighted by atomic mass is 10.1. The minimum Gasteiger partial charge on any atom is -0.305 e. The average Bonchev–Trinajstić information content (AvgIpc) is 2.72. The highest BCUT2D eigenvalue weighted by Crippen LogP contribution is 2.24. The normalized spacial score (nSPS) is 12.6. The van der Waals surface area contributed by atoms with E-state index in [1.54, 1.807) is 11.3 Å². The van der Waals surface area contributed by atoms with Gasteiger partial charge in [0.1, 0.15) is 0 Å². The lowest BCUT2D eigenvalue weighted by Gasteiger charge is -2.14. The van der Waals surface area contributed by atoms with Crippen LogP contribution in [0.5, 0.6) is 0 Å². The van der Waals surface area contributed by atoms with Gasteiger partial charge < -0.3 is 5.32 Å². The molecule has 0 aliphatic carbocycles. The molecule has 2 rings (SSSR count). The summed E-state index contributed by atoms with van der Waals surface area (Å²) < 4.78 is 2.32. The number of halogens is 2. The van der Waals surface area contributed by atoms with E-state index in [2.05, 4.69) is 73.7 Å². The molecule has 1 nitrogen and oxygen atoms in total. The van der Waals surface area contributed by atoms with Crippen LogP contribution in [0.15, 0.2) is 44.7 Å². The molecule has 0 saturated carbocycles. The molecule has 1 aromatic heterocycles. The fraction of sp³-hybridized carbons (Fsp3) is 0.231. The Labute approximate surface area is 123 Å². The minimum atomic E-state index is 0.349. The maximum absolute atomic E-state index is 3.55. The van der Waals surface area contributed by atoms with Gasteiger partial charge in [0.05, 0.1) is 0 Å². The van der Waals surface area contributed by atoms with Crippen molar-refractivity contribution in [2.75, 3.05) is 0 Å². The lowest BCUT2D eigenvalue weighted by molar-refractivity contribution is 0.578. The summed E-state index contributed by atoms with van der Waals surface area (Å²) in [6.45, 7) is 3.08. The van der Waals surface area contributed by atoms with Gasteiger partial charge in [-0.1, -0.05) is 28.1 Å². The first-order valence-corrected chi connectivity index (χ1v) is 7.84. The van der Waals surface area contributed by atoms with Crippen LogP contribution in [0.1, 0.15) is 23.4 Å². The van der Waals surface area contributed by atoms with Gasteiger partial charge in [0.25, 0.3) is 0 Å². The van der Waals surface area contributed by atoms with E-state index in [1.165, 1.54) is 14.9 Å². The quantitative estimate of drug-likeness (QED) is 0.782. The third-order valence-corrected chi connectivity index (χ3v) is 5.03. The number of hydrogen-bond donors (Lipinski definition) is 1. The number of hydrogen-bond acceptors (Lipinski definition) is 2. The van der Waals surface area contributed by atoms with Crippen LogP contribution in [0.2, 0.25) is 0 Å². The van der Waals surface area contributed by atoms with Gasteiger partial charge in [0.2, 0.25) is 0 Å². The zero-order chi connectivity index (χ0) is 12.3. The Morgan fingerprint density at radius 3 is 2.76 bits per heavy atom. The third-order valence-electron chi connectivity index (χ3n) is 2.61. The molecular weight excluding hydrogens is 362 g/mol. The summed E-state index contributed by atoms with van der Waals surface area (Å²) in [4.78, 5) is 1.34. The summed E-state index contributed by atoms with van der Waals surface area (Å²) in [5.74, 6) is 0. The first kappa shape index (κ1) is 13.3. The Bertz CT molecular complexity index is 496. The van der Waals surface area contributed by atoms with Crippen molar-refractivity contribution < 1.29 is 0 Å². The second-order valence-electron chi connectivity index (χ2n) is 3.85. The fourth-order valence-corrected chi connectivity index (χ4v) is 3.45. The zero-order valence-electron chi connectivity index (χ0n) is 9.41. The Kier molecular flexibility index (Phi) is 4.79. The van der Waals surface area contributed by atoms with Crippen molar-refractivity contribution in [3.8, 4) is 0 Å². The molecule has 1 N–H and O–H groups in total. The summed E-state index contributed by atoms with van der Waals surface area (Å²) >= 11 is 8.82. The highest BCUT2D eigenvalue weighted by molar-refractivity contribution is 9.10. The molecule has 90 valence electrons. The number of nitrogens with one attached hydrogen (secondary N) is 1. The summed E-state index contributed by atoms with van der Waals surface area (Å²) in [6.07, 6.45) is 0. The largest absolute Gasteiger partial charge is 0.305 e. The van der Waals surface area contributed by atoms with Crippen molar-refractivity contribution in [3.05, 3.63) is 55.1 Å². The van der Waals surface area contributed by atoms with Gasteiger partial charge >= 0.3 is 0 Å². The van der Waals surface area contributed by atoms with Crippen molar-refractivity contribution in [1.29, 1.82) is 0 Å². The average molecular weight is 375 g/mol. The van der Waals surface area contributed by atoms with E-state index < -0.39 is 0 Å². The smallest absolute Gasteiger partial charge is 0.0327 e. The lowest BCUT2D eigenvalue weighted by Crippen LogP contribution is -2.17. The molecule has 0 bridgehead atoms. The molecular formula is C13H13Br2NS. The van der Waals surface area contributed by atoms with E-state index in [9.17, 15) is 0 Å². The summed E-state index contributed by atoms with van der Waals surface area (Å²) in [5.41, 5.74) is 1.30. The molecule has 2 aromatic rings. The SMILES string of the molecule is CC(NCc1sccc1Br)c1cccc(Br)c1. The second-order valence-corrected chi connectivity index (χ2v) is 6.62. The van der Waals surface area contributed by atoms with E-state index in [4.69, 9.17) is 0 Å². The zero-order valence-corrected chi connectivity index (χ0v) is 13.4. The molecule has 0 spiro atoms. The van der Waals surface area contributed by atoms with Gasteiger partial charge in [-0.05, 0) is 52.0 Å². The Morgan fingerprint density at radius 1 is 1.29 bits per heavy atom. The second kappa shape index (κ2) is 6.14. The first-order valence-electron chi connectivity index (χ1n) is 5.37. The van der Waals surface area contributed by atoms with Crippen LogP contribution in [0.3, 0.4) is 0 Å². The monoisotopic (exact) mass is 373 g/mol. The number of rotatable bonds is 4. The molecule has 0 fully saturated rings. The Hall–Kier alpha value is -0.160. The van der Waals surface area contributed by atoms with Gasteiger partial charge in [-0.15, -0.1) is 11.3 Å². The van der Waals surface area contributed by atoms with Crippen LogP contribution in [-0.2, 0) is 6.54 Å². The van der Waals surface area contributed by atoms with Gasteiger partial charge in [-0.25, -0.2) is 0 Å². The molecule has 1 aromatic carbocycles. The van der Waals surface area contributed by atoms with Crippen LogP contribution in [0, 0.1) is 0 Å². The van der Waals surface area contributed by atoms with E-state index in [0.717, 1.165) is 11.0 Å². The summed E-state index contributed by atoms with van der Waals surface area (Å²) in [7, 11) is 0. The van der Waals surface area contributed by atoms with Crippen molar-refractivity contribution in [2.24, 2.45) is 0 Å². The maximum Gasteiger partial charge on any atom is 0.0327 e. The fourth-order valence-electron chi connectivity index (χ4n) is 1.59. The summed E-state index contributed by atoms with van der Waals surface area (Å²) in [5, 5.41) is 5.63. The van der Waals surface area contributed by atoms with Crippen LogP contribution in [0.25, 0.3) is 0 Å². The molecule has 0 aliphatic rings. The van der Waals surface area contributed by atoms with Gasteiger partial charge in [0.15, 0.2) is 0 Å². The van der Waals surface area contributed by atoms with Gasteiger partial charge in [0, 0.05) is 26.4 Å². The Morgan fingerprint density at radius 2 is 2.12 bits per heavy atom. The van der Waals surface area contributed by atoms with E-state index in [0.29, 0.717) is 6.04 Å². The van der Waals surface area contributed by atoms with Gasteiger partial charge in [-0.3, -0.25) is 0 Å². The van der Waals surface area contributed by atoms with Crippen molar-refractivity contribution in [1.82, 2.24) is 5.32 Å². The molecule has 4 heteroatoms. The number of thiophene rings is 1. The third kappa shape index (κ3) is 3.65. The van der Waals surface area contributed by atoms with Crippen LogP contribution < -0.4 is 5.32 Å². The molecule has 0 radical (unpaired) electrons. The van der Waals surface area contributed by atoms with E-state index in [-0.39, 0.29) is 0 Å². The standard InChI is InChI=1S/C13H13Br2NS/c1-9(10-3-2-4-11(14)7-10)16-8-13-12(15)5-6-17-13/h2-7,9,16H,8H2,1H3. The molecule has 0 aliphatic heterocycles. The highest BCUT2D eigenvalue weighted by Gasteiger charge is 2.07. The van der Waals surface area contributed by atoms with Crippen molar-refractivity contribution in [2.45, 2.75) is 19.5 Å². The van der Waals surface area contributed by atoms with Crippen LogP contribution in [0.4, 0.5) is 0 Å². The Balaban J connectivity index is 1.98. The van der Waals surface area contributed by atoms with Gasteiger partial charge in [-0.2, -0.15) is 0 Å². The topological polar surface area (TPSA) is 12.0 Å². The predicted molar refractivity (Wildman–Crippen MR) is 81.4 cm³/mol. The molecule has 1 heterocycles. The molecule has 1 atom stereocenters. The molecule has 0 saturated heterocycles.